The summed E-state index contributed by atoms with van der Waals surface area (Å²) in [6.07, 6.45) is 0. The zero-order chi connectivity index (χ0) is 19.2. The van der Waals surface area contributed by atoms with Crippen LogP contribution >= 0.6 is 11.8 Å². The largest absolute Gasteiger partial charge is 0.392 e. The monoisotopic (exact) mass is 390 g/mol. The van der Waals surface area contributed by atoms with E-state index < -0.39 is 0 Å². The van der Waals surface area contributed by atoms with Gasteiger partial charge >= 0.3 is 0 Å². The standard InChI is InChI=1S/C24H26N2OS/c27-19-21-9-5-7-13-24(21)28-23-12-6-4-8-20(23)18-25-14-16-26(17-15-25)22-10-2-1-3-11-22/h1-13,27H,14-19H2. The molecule has 1 fully saturated rings. The average molecular weight is 391 g/mol. The SMILES string of the molecule is OCc1ccccc1Sc1ccccc1CN1CCN(c2ccccc2)CC1. The van der Waals surface area contributed by atoms with Crippen LogP contribution in [0.3, 0.4) is 0 Å². The quantitative estimate of drug-likeness (QED) is 0.663. The molecule has 0 bridgehead atoms. The molecule has 0 atom stereocenters. The van der Waals surface area contributed by atoms with Crippen LogP contribution in [0.2, 0.25) is 0 Å². The van der Waals surface area contributed by atoms with Gasteiger partial charge < -0.3 is 10.0 Å². The predicted molar refractivity (Wildman–Crippen MR) is 117 cm³/mol. The Labute approximate surface area is 171 Å². The van der Waals surface area contributed by atoms with Crippen LogP contribution < -0.4 is 4.90 Å². The van der Waals surface area contributed by atoms with E-state index >= 15 is 0 Å². The zero-order valence-corrected chi connectivity index (χ0v) is 16.8. The average Bonchev–Trinajstić information content (AvgIpc) is 2.77. The smallest absolute Gasteiger partial charge is 0.0692 e. The molecule has 0 spiro atoms. The molecule has 4 rings (SSSR count). The van der Waals surface area contributed by atoms with E-state index in [1.165, 1.54) is 16.1 Å². The van der Waals surface area contributed by atoms with Gasteiger partial charge in [0.1, 0.15) is 0 Å². The number of para-hydroxylation sites is 1. The lowest BCUT2D eigenvalue weighted by Crippen LogP contribution is -2.46. The molecule has 144 valence electrons. The van der Waals surface area contributed by atoms with Gasteiger partial charge in [-0.3, -0.25) is 4.90 Å². The molecule has 28 heavy (non-hydrogen) atoms. The highest BCUT2D eigenvalue weighted by atomic mass is 32.2. The number of rotatable bonds is 6. The van der Waals surface area contributed by atoms with E-state index in [0.717, 1.165) is 43.2 Å². The molecule has 0 unspecified atom stereocenters. The number of piperazine rings is 1. The highest BCUT2D eigenvalue weighted by Crippen LogP contribution is 2.33. The van der Waals surface area contributed by atoms with E-state index in [0.29, 0.717) is 0 Å². The summed E-state index contributed by atoms with van der Waals surface area (Å²) in [5.41, 5.74) is 3.66. The maximum Gasteiger partial charge on any atom is 0.0692 e. The highest BCUT2D eigenvalue weighted by molar-refractivity contribution is 7.99. The summed E-state index contributed by atoms with van der Waals surface area (Å²) < 4.78 is 0. The topological polar surface area (TPSA) is 26.7 Å². The van der Waals surface area contributed by atoms with Crippen LogP contribution in [0.4, 0.5) is 5.69 Å². The summed E-state index contributed by atoms with van der Waals surface area (Å²) in [7, 11) is 0. The zero-order valence-electron chi connectivity index (χ0n) is 16.0. The Balaban J connectivity index is 1.42. The first kappa shape index (κ1) is 19.1. The van der Waals surface area contributed by atoms with Gasteiger partial charge in [-0.05, 0) is 35.4 Å². The normalized spacial score (nSPS) is 15.0. The lowest BCUT2D eigenvalue weighted by atomic mass is 10.2. The Kier molecular flexibility index (Phi) is 6.32. The molecule has 1 heterocycles. The second-order valence-corrected chi connectivity index (χ2v) is 8.16. The minimum atomic E-state index is 0.0762. The van der Waals surface area contributed by atoms with E-state index in [-0.39, 0.29) is 6.61 Å². The molecular formula is C24H26N2OS. The highest BCUT2D eigenvalue weighted by Gasteiger charge is 2.18. The lowest BCUT2D eigenvalue weighted by Gasteiger charge is -2.36. The summed E-state index contributed by atoms with van der Waals surface area (Å²) in [5.74, 6) is 0. The van der Waals surface area contributed by atoms with E-state index in [9.17, 15) is 5.11 Å². The van der Waals surface area contributed by atoms with Gasteiger partial charge in [-0.15, -0.1) is 0 Å². The molecule has 0 aromatic heterocycles. The van der Waals surface area contributed by atoms with Crippen molar-refractivity contribution in [3.05, 3.63) is 90.0 Å². The molecule has 0 radical (unpaired) electrons. The van der Waals surface area contributed by atoms with Crippen molar-refractivity contribution in [2.24, 2.45) is 0 Å². The minimum absolute atomic E-state index is 0.0762. The summed E-state index contributed by atoms with van der Waals surface area (Å²) in [5, 5.41) is 9.62. The number of hydrogen-bond donors (Lipinski definition) is 1. The van der Waals surface area contributed by atoms with Crippen LogP contribution in [0.15, 0.2) is 88.7 Å². The van der Waals surface area contributed by atoms with Gasteiger partial charge in [0, 0.05) is 48.2 Å². The van der Waals surface area contributed by atoms with E-state index in [4.69, 9.17) is 0 Å². The minimum Gasteiger partial charge on any atom is -0.392 e. The lowest BCUT2D eigenvalue weighted by molar-refractivity contribution is 0.248. The van der Waals surface area contributed by atoms with Crippen molar-refractivity contribution in [3.8, 4) is 0 Å². The number of benzene rings is 3. The first-order chi connectivity index (χ1) is 13.8. The van der Waals surface area contributed by atoms with Gasteiger partial charge in [0.25, 0.3) is 0 Å². The van der Waals surface area contributed by atoms with Gasteiger partial charge in [-0.2, -0.15) is 0 Å². The predicted octanol–water partition coefficient (Wildman–Crippen LogP) is 4.65. The Morgan fingerprint density at radius 3 is 1.93 bits per heavy atom. The van der Waals surface area contributed by atoms with Crippen molar-refractivity contribution in [2.45, 2.75) is 22.9 Å². The molecule has 1 aliphatic heterocycles. The van der Waals surface area contributed by atoms with Crippen molar-refractivity contribution >= 4 is 17.4 Å². The summed E-state index contributed by atoms with van der Waals surface area (Å²) >= 11 is 1.75. The molecule has 1 saturated heterocycles. The molecular weight excluding hydrogens is 364 g/mol. The second kappa shape index (κ2) is 9.28. The summed E-state index contributed by atoms with van der Waals surface area (Å²) in [6.45, 7) is 5.31. The van der Waals surface area contributed by atoms with Gasteiger partial charge in [-0.1, -0.05) is 66.4 Å². The maximum atomic E-state index is 9.62. The van der Waals surface area contributed by atoms with Crippen molar-refractivity contribution in [3.63, 3.8) is 0 Å². The number of hydrogen-bond acceptors (Lipinski definition) is 4. The second-order valence-electron chi connectivity index (χ2n) is 7.07. The van der Waals surface area contributed by atoms with E-state index in [2.05, 4.69) is 70.5 Å². The van der Waals surface area contributed by atoms with Gasteiger partial charge in [0.05, 0.1) is 6.61 Å². The van der Waals surface area contributed by atoms with Gasteiger partial charge in [0.2, 0.25) is 0 Å². The Bertz CT molecular complexity index is 892. The molecule has 1 N–H and O–H groups in total. The fourth-order valence-corrected chi connectivity index (χ4v) is 4.69. The third-order valence-corrected chi connectivity index (χ3v) is 6.46. The number of aliphatic hydroxyl groups is 1. The molecule has 0 amide bonds. The van der Waals surface area contributed by atoms with Gasteiger partial charge in [-0.25, -0.2) is 0 Å². The van der Waals surface area contributed by atoms with Crippen LogP contribution in [-0.2, 0) is 13.2 Å². The summed E-state index contributed by atoms with van der Waals surface area (Å²) in [6, 6.07) is 27.4. The third kappa shape index (κ3) is 4.58. The van der Waals surface area contributed by atoms with Crippen LogP contribution in [-0.4, -0.2) is 36.2 Å². The van der Waals surface area contributed by atoms with Crippen molar-refractivity contribution < 1.29 is 5.11 Å². The molecule has 3 nitrogen and oxygen atoms in total. The fourth-order valence-electron chi connectivity index (χ4n) is 3.63. The maximum absolute atomic E-state index is 9.62. The molecule has 4 heteroatoms. The summed E-state index contributed by atoms with van der Waals surface area (Å²) in [4.78, 5) is 7.41. The Morgan fingerprint density at radius 2 is 1.25 bits per heavy atom. The number of nitrogens with zero attached hydrogens (tertiary/aromatic N) is 2. The van der Waals surface area contributed by atoms with Crippen LogP contribution in [0, 0.1) is 0 Å². The molecule has 0 aliphatic carbocycles. The van der Waals surface area contributed by atoms with Crippen LogP contribution in [0.1, 0.15) is 11.1 Å². The van der Waals surface area contributed by atoms with E-state index in [1.54, 1.807) is 11.8 Å². The molecule has 0 saturated carbocycles. The third-order valence-electron chi connectivity index (χ3n) is 5.22. The molecule has 3 aromatic rings. The van der Waals surface area contributed by atoms with Crippen LogP contribution in [0.25, 0.3) is 0 Å². The van der Waals surface area contributed by atoms with Crippen molar-refractivity contribution in [2.75, 3.05) is 31.1 Å². The number of aliphatic hydroxyl groups excluding tert-OH is 1. The molecule has 3 aromatic carbocycles. The Morgan fingerprint density at radius 1 is 0.679 bits per heavy atom. The van der Waals surface area contributed by atoms with Gasteiger partial charge in [0.15, 0.2) is 0 Å². The van der Waals surface area contributed by atoms with E-state index in [1.807, 2.05) is 18.2 Å². The van der Waals surface area contributed by atoms with Crippen LogP contribution in [0.5, 0.6) is 0 Å². The molecule has 1 aliphatic rings. The van der Waals surface area contributed by atoms with Crippen molar-refractivity contribution in [1.29, 1.82) is 0 Å². The fraction of sp³-hybridized carbons (Fsp3) is 0.250. The first-order valence-electron chi connectivity index (χ1n) is 9.80. The number of anilines is 1. The van der Waals surface area contributed by atoms with Crippen molar-refractivity contribution in [1.82, 2.24) is 4.90 Å². The Hall–Kier alpha value is -2.27. The first-order valence-corrected chi connectivity index (χ1v) is 10.6.